The maximum Gasteiger partial charge on any atom is 0.171 e. The molecule has 0 aromatic heterocycles. The Labute approximate surface area is 134 Å². The first-order valence-corrected chi connectivity index (χ1v) is 9.30. The smallest absolute Gasteiger partial charge is 0.171 e. The number of hydrogen-bond donors (Lipinski definition) is 1. The van der Waals surface area contributed by atoms with Crippen LogP contribution in [0.4, 0.5) is 4.39 Å². The second-order valence-corrected chi connectivity index (χ2v) is 9.34. The van der Waals surface area contributed by atoms with E-state index in [0.717, 1.165) is 12.8 Å². The van der Waals surface area contributed by atoms with Crippen molar-refractivity contribution in [3.8, 4) is 0 Å². The summed E-state index contributed by atoms with van der Waals surface area (Å²) in [5.74, 6) is -0.398. The third-order valence-electron chi connectivity index (χ3n) is 5.61. The van der Waals surface area contributed by atoms with Crippen molar-refractivity contribution < 1.29 is 17.5 Å². The zero-order valence-corrected chi connectivity index (χ0v) is 13.6. The predicted molar refractivity (Wildman–Crippen MR) is 84.4 cm³/mol. The van der Waals surface area contributed by atoms with Crippen LogP contribution >= 0.6 is 0 Å². The molecule has 2 aliphatic heterocycles. The first-order valence-electron chi connectivity index (χ1n) is 7.76. The van der Waals surface area contributed by atoms with Crippen LogP contribution in [-0.2, 0) is 20.1 Å². The first-order chi connectivity index (χ1) is 10.8. The third-order valence-corrected chi connectivity index (χ3v) is 8.61. The van der Waals surface area contributed by atoms with E-state index in [1.807, 2.05) is 0 Å². The Balaban J connectivity index is 1.98. The molecule has 3 aliphatic rings. The van der Waals surface area contributed by atoms with Crippen LogP contribution in [-0.4, -0.2) is 37.5 Å². The number of rotatable bonds is 2. The van der Waals surface area contributed by atoms with Crippen LogP contribution in [0.3, 0.4) is 0 Å². The molecule has 1 saturated carbocycles. The molecule has 1 aromatic rings. The van der Waals surface area contributed by atoms with E-state index in [0.29, 0.717) is 0 Å². The second-order valence-electron chi connectivity index (χ2n) is 6.83. The van der Waals surface area contributed by atoms with Gasteiger partial charge in [-0.1, -0.05) is 18.2 Å². The highest BCUT2D eigenvalue weighted by Gasteiger charge is 2.66. The Morgan fingerprint density at radius 2 is 2.04 bits per heavy atom. The average molecular weight is 338 g/mol. The van der Waals surface area contributed by atoms with Gasteiger partial charge in [0.05, 0.1) is 13.2 Å². The summed E-state index contributed by atoms with van der Waals surface area (Å²) in [6.45, 7) is 1.71. The van der Waals surface area contributed by atoms with Crippen LogP contribution < -0.4 is 5.73 Å². The van der Waals surface area contributed by atoms with Crippen molar-refractivity contribution in [1.82, 2.24) is 0 Å². The van der Waals surface area contributed by atoms with Gasteiger partial charge in [0, 0.05) is 5.56 Å². The largest absolute Gasteiger partial charge is 0.386 e. The molecule has 2 N–H and O–H groups in total. The molecule has 0 spiro atoms. The van der Waals surface area contributed by atoms with Crippen LogP contribution in [0.5, 0.6) is 0 Å². The first kappa shape index (κ1) is 15.1. The molecule has 4 rings (SSSR count). The van der Waals surface area contributed by atoms with Gasteiger partial charge in [0.2, 0.25) is 0 Å². The van der Waals surface area contributed by atoms with Crippen molar-refractivity contribution in [2.24, 2.45) is 16.6 Å². The van der Waals surface area contributed by atoms with Gasteiger partial charge >= 0.3 is 0 Å². The fourth-order valence-corrected chi connectivity index (χ4v) is 6.63. The van der Waals surface area contributed by atoms with E-state index in [9.17, 15) is 12.8 Å². The molecule has 124 valence electrons. The number of benzene rings is 1. The van der Waals surface area contributed by atoms with E-state index in [1.54, 1.807) is 25.1 Å². The van der Waals surface area contributed by atoms with Gasteiger partial charge in [-0.3, -0.25) is 4.99 Å². The summed E-state index contributed by atoms with van der Waals surface area (Å²) in [7, 11) is -3.66. The van der Waals surface area contributed by atoms with E-state index in [2.05, 4.69) is 4.99 Å². The molecule has 23 heavy (non-hydrogen) atoms. The van der Waals surface area contributed by atoms with Crippen LogP contribution in [0.15, 0.2) is 29.3 Å². The normalized spacial score (nSPS) is 38.9. The molecule has 0 amide bonds. The number of nitrogens with zero attached hydrogens (tertiary/aromatic N) is 1. The van der Waals surface area contributed by atoms with E-state index >= 15 is 0 Å². The fraction of sp³-hybridized carbons (Fsp3) is 0.562. The molecular formula is C16H19FN2O3S. The molecule has 7 heteroatoms. The van der Waals surface area contributed by atoms with Crippen molar-refractivity contribution in [3.63, 3.8) is 0 Å². The SMILES string of the molecule is CC1(C2CC2)C(N)=N[C@@]2(c3ccccc3F)COC[C@H]2S1(=O)=O. The molecule has 1 aliphatic carbocycles. The minimum absolute atomic E-state index is 0.00419. The maximum atomic E-state index is 14.4. The highest BCUT2D eigenvalue weighted by Crippen LogP contribution is 2.53. The lowest BCUT2D eigenvalue weighted by Gasteiger charge is -2.43. The van der Waals surface area contributed by atoms with Crippen molar-refractivity contribution in [1.29, 1.82) is 0 Å². The van der Waals surface area contributed by atoms with Crippen LogP contribution in [0.2, 0.25) is 0 Å². The topological polar surface area (TPSA) is 81.8 Å². The van der Waals surface area contributed by atoms with E-state index in [1.165, 1.54) is 6.07 Å². The summed E-state index contributed by atoms with van der Waals surface area (Å²) in [6, 6.07) is 6.13. The Kier molecular flexibility index (Phi) is 2.98. The molecule has 2 heterocycles. The molecule has 0 radical (unpaired) electrons. The highest BCUT2D eigenvalue weighted by molar-refractivity contribution is 7.94. The molecule has 3 atom stereocenters. The quantitative estimate of drug-likeness (QED) is 0.883. The number of sulfone groups is 1. The van der Waals surface area contributed by atoms with Gasteiger partial charge < -0.3 is 10.5 Å². The summed E-state index contributed by atoms with van der Waals surface area (Å²) in [6.07, 6.45) is 1.65. The van der Waals surface area contributed by atoms with E-state index < -0.39 is 31.2 Å². The van der Waals surface area contributed by atoms with Gasteiger partial charge in [0.15, 0.2) is 9.84 Å². The number of halogens is 1. The lowest BCUT2D eigenvalue weighted by atomic mass is 9.87. The van der Waals surface area contributed by atoms with E-state index in [4.69, 9.17) is 10.5 Å². The summed E-state index contributed by atoms with van der Waals surface area (Å²) in [5, 5.41) is -0.898. The summed E-state index contributed by atoms with van der Waals surface area (Å²) < 4.78 is 45.4. The minimum Gasteiger partial charge on any atom is -0.386 e. The van der Waals surface area contributed by atoms with Gasteiger partial charge in [0.25, 0.3) is 0 Å². The molecule has 5 nitrogen and oxygen atoms in total. The molecule has 1 saturated heterocycles. The fourth-order valence-electron chi connectivity index (χ4n) is 3.97. The molecule has 1 unspecified atom stereocenters. The van der Waals surface area contributed by atoms with Crippen molar-refractivity contribution >= 4 is 15.7 Å². The highest BCUT2D eigenvalue weighted by atomic mass is 32.2. The number of hydrogen-bond acceptors (Lipinski definition) is 5. The third kappa shape index (κ3) is 1.75. The van der Waals surface area contributed by atoms with Crippen molar-refractivity contribution in [3.05, 3.63) is 35.6 Å². The van der Waals surface area contributed by atoms with Gasteiger partial charge in [-0.25, -0.2) is 12.8 Å². The minimum atomic E-state index is -3.66. The lowest BCUT2D eigenvalue weighted by molar-refractivity contribution is 0.178. The van der Waals surface area contributed by atoms with Gasteiger partial charge in [-0.05, 0) is 31.7 Å². The van der Waals surface area contributed by atoms with Gasteiger partial charge in [0.1, 0.15) is 27.2 Å². The molecule has 2 fully saturated rings. The monoisotopic (exact) mass is 338 g/mol. The average Bonchev–Trinajstić information content (AvgIpc) is 3.26. The number of fused-ring (bicyclic) bond motifs is 1. The number of nitrogens with two attached hydrogens (primary N) is 1. The molecular weight excluding hydrogens is 319 g/mol. The second kappa shape index (κ2) is 4.54. The van der Waals surface area contributed by atoms with Crippen molar-refractivity contribution in [2.45, 2.75) is 35.3 Å². The van der Waals surface area contributed by atoms with E-state index in [-0.39, 0.29) is 30.5 Å². The van der Waals surface area contributed by atoms with Crippen LogP contribution in [0, 0.1) is 11.7 Å². The summed E-state index contributed by atoms with van der Waals surface area (Å²) >= 11 is 0. The van der Waals surface area contributed by atoms with Gasteiger partial charge in [-0.2, -0.15) is 0 Å². The Morgan fingerprint density at radius 3 is 2.70 bits per heavy atom. The predicted octanol–water partition coefficient (Wildman–Crippen LogP) is 1.37. The van der Waals surface area contributed by atoms with Crippen LogP contribution in [0.25, 0.3) is 0 Å². The summed E-state index contributed by atoms with van der Waals surface area (Å²) in [4.78, 5) is 4.57. The summed E-state index contributed by atoms with van der Waals surface area (Å²) in [5.41, 5.74) is 5.12. The maximum absolute atomic E-state index is 14.4. The Bertz CT molecular complexity index is 805. The zero-order valence-electron chi connectivity index (χ0n) is 12.8. The number of amidine groups is 1. The molecule has 1 aromatic carbocycles. The number of aliphatic imine (C=N–C) groups is 1. The Hall–Kier alpha value is -1.47. The van der Waals surface area contributed by atoms with Crippen LogP contribution in [0.1, 0.15) is 25.3 Å². The lowest BCUT2D eigenvalue weighted by Crippen LogP contribution is -2.62. The standard InChI is InChI=1S/C16H19FN2O3S/c1-15(10-6-7-10)14(18)19-16(11-4-2-3-5-12(11)17)9-22-8-13(16)23(15,20)21/h2-5,10,13H,6-9H2,1H3,(H2,18,19)/t13-,15?,16-/m1/s1. The van der Waals surface area contributed by atoms with Gasteiger partial charge in [-0.15, -0.1) is 0 Å². The Morgan fingerprint density at radius 1 is 1.35 bits per heavy atom. The zero-order chi connectivity index (χ0) is 16.5. The molecule has 0 bridgehead atoms. The number of ether oxygens (including phenoxy) is 1. The van der Waals surface area contributed by atoms with Crippen molar-refractivity contribution in [2.75, 3.05) is 13.2 Å².